The Bertz CT molecular complexity index is 1300. The van der Waals surface area contributed by atoms with Crippen LogP contribution < -0.4 is 16.1 Å². The SMILES string of the molecule is Cc1cc2c(c(=O)o1)C(c1cccc(C(F)(F)F)c1)C(C(=O)OCc1ccccc1)=C(N)O2. The zero-order valence-electron chi connectivity index (χ0n) is 17.3. The van der Waals surface area contributed by atoms with E-state index < -0.39 is 29.3 Å². The Morgan fingerprint density at radius 1 is 1.09 bits per heavy atom. The van der Waals surface area contributed by atoms with E-state index in [9.17, 15) is 22.8 Å². The van der Waals surface area contributed by atoms with Crippen LogP contribution in [0, 0.1) is 6.92 Å². The third-order valence-corrected chi connectivity index (χ3v) is 5.12. The normalized spacial score (nSPS) is 15.6. The van der Waals surface area contributed by atoms with Crippen LogP contribution in [-0.2, 0) is 22.3 Å². The van der Waals surface area contributed by atoms with Gasteiger partial charge < -0.3 is 19.6 Å². The van der Waals surface area contributed by atoms with Gasteiger partial charge in [0.25, 0.3) is 0 Å². The first-order valence-electron chi connectivity index (χ1n) is 9.85. The molecule has 1 aliphatic heterocycles. The number of esters is 1. The van der Waals surface area contributed by atoms with Crippen molar-refractivity contribution in [2.24, 2.45) is 5.73 Å². The predicted octanol–water partition coefficient (Wildman–Crippen LogP) is 4.41. The lowest BCUT2D eigenvalue weighted by atomic mass is 9.83. The Balaban J connectivity index is 1.82. The summed E-state index contributed by atoms with van der Waals surface area (Å²) < 4.78 is 56.1. The van der Waals surface area contributed by atoms with E-state index in [2.05, 4.69) is 0 Å². The molecule has 1 aliphatic rings. The lowest BCUT2D eigenvalue weighted by Gasteiger charge is -2.27. The highest BCUT2D eigenvalue weighted by Crippen LogP contribution is 2.42. The molecule has 3 aromatic rings. The molecule has 0 saturated heterocycles. The summed E-state index contributed by atoms with van der Waals surface area (Å²) in [5.41, 5.74) is 4.50. The van der Waals surface area contributed by atoms with E-state index in [0.717, 1.165) is 12.1 Å². The molecule has 0 bridgehead atoms. The van der Waals surface area contributed by atoms with Crippen molar-refractivity contribution in [3.8, 4) is 5.75 Å². The number of ether oxygens (including phenoxy) is 2. The van der Waals surface area contributed by atoms with Crippen LogP contribution in [0.15, 0.2) is 81.3 Å². The van der Waals surface area contributed by atoms with E-state index in [1.807, 2.05) is 0 Å². The molecule has 1 unspecified atom stereocenters. The van der Waals surface area contributed by atoms with Gasteiger partial charge in [0.15, 0.2) is 0 Å². The number of rotatable bonds is 4. The van der Waals surface area contributed by atoms with E-state index in [1.54, 1.807) is 30.3 Å². The van der Waals surface area contributed by atoms with Crippen molar-refractivity contribution in [3.63, 3.8) is 0 Å². The number of hydrogen-bond acceptors (Lipinski definition) is 6. The summed E-state index contributed by atoms with van der Waals surface area (Å²) in [7, 11) is 0. The zero-order valence-corrected chi connectivity index (χ0v) is 17.3. The van der Waals surface area contributed by atoms with Gasteiger partial charge in [-0.05, 0) is 24.1 Å². The first-order chi connectivity index (χ1) is 15.6. The topological polar surface area (TPSA) is 91.8 Å². The highest BCUT2D eigenvalue weighted by Gasteiger charge is 2.40. The van der Waals surface area contributed by atoms with E-state index in [0.29, 0.717) is 5.56 Å². The van der Waals surface area contributed by atoms with Crippen molar-refractivity contribution < 1.29 is 31.9 Å². The van der Waals surface area contributed by atoms with Crippen LogP contribution in [0.2, 0.25) is 0 Å². The Labute approximate surface area is 186 Å². The Morgan fingerprint density at radius 3 is 2.52 bits per heavy atom. The summed E-state index contributed by atoms with van der Waals surface area (Å²) in [6.07, 6.45) is -4.63. The van der Waals surface area contributed by atoms with E-state index in [-0.39, 0.29) is 40.7 Å². The molecule has 6 nitrogen and oxygen atoms in total. The molecule has 1 aromatic heterocycles. The smallest absolute Gasteiger partial charge is 0.416 e. The molecule has 2 aromatic carbocycles. The third-order valence-electron chi connectivity index (χ3n) is 5.12. The fourth-order valence-corrected chi connectivity index (χ4v) is 3.65. The van der Waals surface area contributed by atoms with Crippen LogP contribution in [-0.4, -0.2) is 5.97 Å². The number of fused-ring (bicyclic) bond motifs is 1. The fourth-order valence-electron chi connectivity index (χ4n) is 3.65. The molecule has 2 heterocycles. The van der Waals surface area contributed by atoms with E-state index >= 15 is 0 Å². The van der Waals surface area contributed by atoms with Gasteiger partial charge in [-0.15, -0.1) is 0 Å². The van der Waals surface area contributed by atoms with Crippen LogP contribution >= 0.6 is 0 Å². The maximum atomic E-state index is 13.4. The Hall–Kier alpha value is -4.01. The summed E-state index contributed by atoms with van der Waals surface area (Å²) in [5.74, 6) is -2.36. The third kappa shape index (κ3) is 4.48. The number of nitrogens with two attached hydrogens (primary N) is 1. The second-order valence-electron chi connectivity index (χ2n) is 7.42. The quantitative estimate of drug-likeness (QED) is 0.584. The maximum absolute atomic E-state index is 13.4. The van der Waals surface area contributed by atoms with Crippen molar-refractivity contribution >= 4 is 5.97 Å². The molecule has 4 rings (SSSR count). The molecule has 0 radical (unpaired) electrons. The lowest BCUT2D eigenvalue weighted by Crippen LogP contribution is -2.31. The van der Waals surface area contributed by atoms with Crippen molar-refractivity contribution in [2.45, 2.75) is 25.6 Å². The molecular formula is C24H18F3NO5. The molecule has 33 heavy (non-hydrogen) atoms. The van der Waals surface area contributed by atoms with Gasteiger partial charge in [-0.3, -0.25) is 0 Å². The van der Waals surface area contributed by atoms with Gasteiger partial charge in [0.05, 0.1) is 17.0 Å². The number of hydrogen-bond donors (Lipinski definition) is 1. The second kappa shape index (κ2) is 8.50. The first-order valence-corrected chi connectivity index (χ1v) is 9.85. The van der Waals surface area contributed by atoms with E-state index in [4.69, 9.17) is 19.6 Å². The van der Waals surface area contributed by atoms with Crippen LogP contribution in [0.1, 0.15) is 33.9 Å². The van der Waals surface area contributed by atoms with Crippen LogP contribution in [0.5, 0.6) is 5.75 Å². The Kier molecular flexibility index (Phi) is 5.71. The number of carbonyl (C=O) groups excluding carboxylic acids is 1. The second-order valence-corrected chi connectivity index (χ2v) is 7.42. The minimum absolute atomic E-state index is 0.00303. The summed E-state index contributed by atoms with van der Waals surface area (Å²) in [6, 6.07) is 14.5. The molecule has 0 saturated carbocycles. The van der Waals surface area contributed by atoms with Gasteiger partial charge in [-0.2, -0.15) is 13.2 Å². The van der Waals surface area contributed by atoms with Gasteiger partial charge in [-0.1, -0.05) is 48.5 Å². The molecule has 0 aliphatic carbocycles. The largest absolute Gasteiger partial charge is 0.457 e. The molecule has 0 fully saturated rings. The lowest BCUT2D eigenvalue weighted by molar-refractivity contribution is -0.140. The average Bonchev–Trinajstić information content (AvgIpc) is 2.76. The maximum Gasteiger partial charge on any atom is 0.416 e. The average molecular weight is 457 g/mol. The summed E-state index contributed by atoms with van der Waals surface area (Å²) in [6.45, 7) is 1.40. The molecular weight excluding hydrogens is 439 g/mol. The minimum Gasteiger partial charge on any atom is -0.457 e. The van der Waals surface area contributed by atoms with Gasteiger partial charge >= 0.3 is 17.8 Å². The molecule has 1 atom stereocenters. The molecule has 9 heteroatoms. The zero-order chi connectivity index (χ0) is 23.8. The Morgan fingerprint density at radius 2 is 1.82 bits per heavy atom. The number of alkyl halides is 3. The highest BCUT2D eigenvalue weighted by atomic mass is 19.4. The number of halogens is 3. The van der Waals surface area contributed by atoms with Crippen molar-refractivity contribution in [1.29, 1.82) is 0 Å². The first kappa shape index (κ1) is 22.2. The van der Waals surface area contributed by atoms with Crippen LogP contribution in [0.3, 0.4) is 0 Å². The molecule has 170 valence electrons. The molecule has 0 amide bonds. The number of aryl methyl sites for hydroxylation is 1. The van der Waals surface area contributed by atoms with E-state index in [1.165, 1.54) is 25.1 Å². The molecule has 0 spiro atoms. The van der Waals surface area contributed by atoms with Crippen LogP contribution in [0.4, 0.5) is 13.2 Å². The standard InChI is InChI=1S/C24H18F3NO5/c1-13-10-17-19(23(30)32-13)18(15-8-5-9-16(11-15)24(25,26)27)20(21(28)33-17)22(29)31-12-14-6-3-2-4-7-14/h2-11,18H,12,28H2,1H3. The van der Waals surface area contributed by atoms with Gasteiger partial charge in [0.2, 0.25) is 5.88 Å². The van der Waals surface area contributed by atoms with Crippen molar-refractivity contribution in [3.05, 3.63) is 111 Å². The molecule has 2 N–H and O–H groups in total. The van der Waals surface area contributed by atoms with Crippen molar-refractivity contribution in [1.82, 2.24) is 0 Å². The summed E-state index contributed by atoms with van der Waals surface area (Å²) >= 11 is 0. The van der Waals surface area contributed by atoms with Gasteiger partial charge in [-0.25, -0.2) is 9.59 Å². The number of carbonyl (C=O) groups is 1. The number of benzene rings is 2. The van der Waals surface area contributed by atoms with Gasteiger partial charge in [0.1, 0.15) is 23.7 Å². The predicted molar refractivity (Wildman–Crippen MR) is 111 cm³/mol. The van der Waals surface area contributed by atoms with Gasteiger partial charge in [0, 0.05) is 6.07 Å². The minimum atomic E-state index is -4.63. The van der Waals surface area contributed by atoms with Crippen molar-refractivity contribution in [2.75, 3.05) is 0 Å². The monoisotopic (exact) mass is 457 g/mol. The highest BCUT2D eigenvalue weighted by molar-refractivity contribution is 5.92. The summed E-state index contributed by atoms with van der Waals surface area (Å²) in [4.78, 5) is 25.8. The van der Waals surface area contributed by atoms with Crippen LogP contribution in [0.25, 0.3) is 0 Å². The fraction of sp³-hybridized carbons (Fsp3) is 0.167. The summed E-state index contributed by atoms with van der Waals surface area (Å²) in [5, 5.41) is 0.